The highest BCUT2D eigenvalue weighted by Gasteiger charge is 2.44. The molecule has 1 saturated heterocycles. The molecule has 4 amide bonds. The minimum Gasteiger partial charge on any atom is -0.506 e. The summed E-state index contributed by atoms with van der Waals surface area (Å²) in [7, 11) is 0. The molecule has 0 bridgehead atoms. The lowest BCUT2D eigenvalue weighted by molar-refractivity contribution is -0.121. The lowest BCUT2D eigenvalue weighted by atomic mass is 10.0. The van der Waals surface area contributed by atoms with Crippen LogP contribution in [0.25, 0.3) is 16.8 Å². The molecule has 36 heavy (non-hydrogen) atoms. The van der Waals surface area contributed by atoms with Crippen LogP contribution in [0.5, 0.6) is 5.75 Å². The summed E-state index contributed by atoms with van der Waals surface area (Å²) < 4.78 is 1.02. The standard InChI is InChI=1S/C28H18Br2N2O4/c1-16-6-4-9-20(12-16)31-26(34)22(14-18-13-19(29)15-23(30)25(18)33)27(35)32(28(31)36)24-11-5-8-17-7-2-3-10-21(17)24/h2-15,33H,1H3/b22-14+. The van der Waals surface area contributed by atoms with E-state index in [0.29, 0.717) is 25.7 Å². The summed E-state index contributed by atoms with van der Waals surface area (Å²) in [5.74, 6) is -1.69. The normalized spacial score (nSPS) is 15.3. The second-order valence-electron chi connectivity index (χ2n) is 8.28. The molecule has 0 aliphatic carbocycles. The summed E-state index contributed by atoms with van der Waals surface area (Å²) >= 11 is 6.65. The van der Waals surface area contributed by atoms with Crippen molar-refractivity contribution in [1.29, 1.82) is 0 Å². The summed E-state index contributed by atoms with van der Waals surface area (Å²) in [4.78, 5) is 43.3. The predicted octanol–water partition coefficient (Wildman–Crippen LogP) is 6.96. The Balaban J connectivity index is 1.75. The van der Waals surface area contributed by atoms with Gasteiger partial charge in [-0.1, -0.05) is 64.5 Å². The van der Waals surface area contributed by atoms with Gasteiger partial charge in [0, 0.05) is 15.4 Å². The number of phenolic OH excluding ortho intramolecular Hbond substituents is 1. The van der Waals surface area contributed by atoms with Gasteiger partial charge >= 0.3 is 6.03 Å². The third-order valence-electron chi connectivity index (χ3n) is 5.87. The predicted molar refractivity (Wildman–Crippen MR) is 147 cm³/mol. The van der Waals surface area contributed by atoms with Crippen LogP contribution in [-0.4, -0.2) is 23.0 Å². The first-order chi connectivity index (χ1) is 17.3. The average Bonchev–Trinajstić information content (AvgIpc) is 2.85. The molecule has 0 spiro atoms. The molecule has 8 heteroatoms. The quantitative estimate of drug-likeness (QED) is 0.202. The zero-order valence-electron chi connectivity index (χ0n) is 18.9. The van der Waals surface area contributed by atoms with Gasteiger partial charge in [-0.05, 0) is 70.2 Å². The number of hydrogen-bond donors (Lipinski definition) is 1. The minimum atomic E-state index is -0.777. The maximum absolute atomic E-state index is 13.8. The van der Waals surface area contributed by atoms with Crippen LogP contribution in [0.15, 0.2) is 93.4 Å². The lowest BCUT2D eigenvalue weighted by Gasteiger charge is -2.34. The van der Waals surface area contributed by atoms with Crippen molar-refractivity contribution in [3.05, 3.63) is 105 Å². The van der Waals surface area contributed by atoms with Crippen LogP contribution >= 0.6 is 31.9 Å². The topological polar surface area (TPSA) is 77.9 Å². The van der Waals surface area contributed by atoms with E-state index in [-0.39, 0.29) is 16.9 Å². The number of aryl methyl sites for hydroxylation is 1. The number of carbonyl (C=O) groups excluding carboxylic acids is 3. The van der Waals surface area contributed by atoms with Gasteiger partial charge in [-0.2, -0.15) is 0 Å². The van der Waals surface area contributed by atoms with Crippen molar-refractivity contribution in [2.45, 2.75) is 6.92 Å². The van der Waals surface area contributed by atoms with E-state index < -0.39 is 17.8 Å². The largest absolute Gasteiger partial charge is 0.506 e. The summed E-state index contributed by atoms with van der Waals surface area (Å²) in [5.41, 5.74) is 1.53. The van der Waals surface area contributed by atoms with Crippen LogP contribution in [0.2, 0.25) is 0 Å². The lowest BCUT2D eigenvalue weighted by Crippen LogP contribution is -2.57. The molecule has 0 aromatic heterocycles. The van der Waals surface area contributed by atoms with Gasteiger partial charge in [0.1, 0.15) is 11.3 Å². The number of halogens is 2. The van der Waals surface area contributed by atoms with Crippen LogP contribution in [0.3, 0.4) is 0 Å². The second kappa shape index (κ2) is 9.37. The van der Waals surface area contributed by atoms with Gasteiger partial charge in [0.05, 0.1) is 15.8 Å². The highest BCUT2D eigenvalue weighted by Crippen LogP contribution is 2.37. The van der Waals surface area contributed by atoms with Gasteiger partial charge in [0.15, 0.2) is 0 Å². The first kappa shape index (κ1) is 24.0. The summed E-state index contributed by atoms with van der Waals surface area (Å²) in [6, 6.07) is 22.1. The number of carbonyl (C=O) groups is 3. The molecule has 1 aliphatic rings. The molecular weight excluding hydrogens is 588 g/mol. The highest BCUT2D eigenvalue weighted by atomic mass is 79.9. The molecule has 5 rings (SSSR count). The Morgan fingerprint density at radius 3 is 2.28 bits per heavy atom. The number of fused-ring (bicyclic) bond motifs is 1. The summed E-state index contributed by atoms with van der Waals surface area (Å²) in [5, 5.41) is 12.1. The van der Waals surface area contributed by atoms with E-state index in [1.807, 2.05) is 43.3 Å². The van der Waals surface area contributed by atoms with Crippen molar-refractivity contribution in [1.82, 2.24) is 0 Å². The highest BCUT2D eigenvalue weighted by molar-refractivity contribution is 9.11. The number of amides is 4. The molecule has 0 atom stereocenters. The second-order valence-corrected chi connectivity index (χ2v) is 10.1. The Hall–Kier alpha value is -3.75. The fourth-order valence-electron chi connectivity index (χ4n) is 4.19. The van der Waals surface area contributed by atoms with Gasteiger partial charge in [0.25, 0.3) is 11.8 Å². The first-order valence-corrected chi connectivity index (χ1v) is 12.5. The number of benzene rings is 4. The van der Waals surface area contributed by atoms with E-state index in [1.165, 1.54) is 6.08 Å². The van der Waals surface area contributed by atoms with Gasteiger partial charge in [-0.3, -0.25) is 9.59 Å². The van der Waals surface area contributed by atoms with Crippen LogP contribution in [0.4, 0.5) is 16.2 Å². The van der Waals surface area contributed by atoms with Crippen molar-refractivity contribution in [3.63, 3.8) is 0 Å². The molecular formula is C28H18Br2N2O4. The zero-order valence-corrected chi connectivity index (χ0v) is 22.1. The number of anilines is 2. The van der Waals surface area contributed by atoms with Gasteiger partial charge in [0.2, 0.25) is 0 Å². The Bertz CT molecular complexity index is 1610. The Kier molecular flexibility index (Phi) is 6.24. The number of imide groups is 2. The van der Waals surface area contributed by atoms with Crippen LogP contribution in [-0.2, 0) is 9.59 Å². The fourth-order valence-corrected chi connectivity index (χ4v) is 5.45. The Morgan fingerprint density at radius 2 is 1.50 bits per heavy atom. The number of nitrogens with zero attached hydrogens (tertiary/aromatic N) is 2. The average molecular weight is 606 g/mol. The molecule has 1 N–H and O–H groups in total. The van der Waals surface area contributed by atoms with E-state index in [2.05, 4.69) is 31.9 Å². The van der Waals surface area contributed by atoms with Crippen molar-refractivity contribution in [3.8, 4) is 5.75 Å². The van der Waals surface area contributed by atoms with Crippen molar-refractivity contribution in [2.24, 2.45) is 0 Å². The van der Waals surface area contributed by atoms with Gasteiger partial charge in [-0.25, -0.2) is 14.6 Å². The maximum atomic E-state index is 13.8. The van der Waals surface area contributed by atoms with E-state index in [4.69, 9.17) is 0 Å². The van der Waals surface area contributed by atoms with E-state index >= 15 is 0 Å². The zero-order chi connectivity index (χ0) is 25.6. The van der Waals surface area contributed by atoms with Gasteiger partial charge in [-0.15, -0.1) is 0 Å². The van der Waals surface area contributed by atoms with Crippen LogP contribution in [0.1, 0.15) is 11.1 Å². The molecule has 4 aromatic carbocycles. The third-order valence-corrected chi connectivity index (χ3v) is 6.94. The molecule has 4 aromatic rings. The molecule has 0 unspecified atom stereocenters. The molecule has 0 radical (unpaired) electrons. The number of phenols is 1. The summed E-state index contributed by atoms with van der Waals surface area (Å²) in [6.45, 7) is 1.85. The first-order valence-electron chi connectivity index (χ1n) is 10.9. The van der Waals surface area contributed by atoms with Gasteiger partial charge < -0.3 is 5.11 Å². The summed E-state index contributed by atoms with van der Waals surface area (Å²) in [6.07, 6.45) is 1.31. The van der Waals surface area contributed by atoms with Crippen molar-refractivity contribution in [2.75, 3.05) is 9.80 Å². The van der Waals surface area contributed by atoms with E-state index in [9.17, 15) is 19.5 Å². The smallest absolute Gasteiger partial charge is 0.343 e. The SMILES string of the molecule is Cc1cccc(N2C(=O)/C(=C\c3cc(Br)cc(Br)c3O)C(=O)N(c3cccc4ccccc34)C2=O)c1. The molecule has 0 saturated carbocycles. The number of barbiturate groups is 1. The minimum absolute atomic E-state index is 0.137. The van der Waals surface area contributed by atoms with Crippen LogP contribution in [0, 0.1) is 6.92 Å². The third kappa shape index (κ3) is 4.12. The molecule has 1 aliphatic heterocycles. The molecule has 1 heterocycles. The molecule has 1 fully saturated rings. The van der Waals surface area contributed by atoms with Crippen LogP contribution < -0.4 is 9.80 Å². The number of rotatable bonds is 3. The number of aromatic hydroxyl groups is 1. The number of urea groups is 1. The van der Waals surface area contributed by atoms with E-state index in [1.54, 1.807) is 42.5 Å². The Morgan fingerprint density at radius 1 is 0.806 bits per heavy atom. The molecule has 178 valence electrons. The molecule has 6 nitrogen and oxygen atoms in total. The maximum Gasteiger partial charge on any atom is 0.343 e. The monoisotopic (exact) mass is 604 g/mol. The Labute approximate surface area is 223 Å². The van der Waals surface area contributed by atoms with Crippen molar-refractivity contribution >= 4 is 77.9 Å². The fraction of sp³-hybridized carbons (Fsp3) is 0.0357. The number of hydrogen-bond acceptors (Lipinski definition) is 4. The van der Waals surface area contributed by atoms with E-state index in [0.717, 1.165) is 20.7 Å². The van der Waals surface area contributed by atoms with Crippen molar-refractivity contribution < 1.29 is 19.5 Å².